The summed E-state index contributed by atoms with van der Waals surface area (Å²) in [7, 11) is 0. The predicted molar refractivity (Wildman–Crippen MR) is 154 cm³/mol. The molecule has 41 heavy (non-hydrogen) atoms. The van der Waals surface area contributed by atoms with Gasteiger partial charge in [0.15, 0.2) is 0 Å². The van der Waals surface area contributed by atoms with E-state index in [4.69, 9.17) is 22.1 Å². The Morgan fingerprint density at radius 2 is 1.98 bits per heavy atom. The van der Waals surface area contributed by atoms with Crippen LogP contribution in [0.15, 0.2) is 54.7 Å². The molecule has 0 bridgehead atoms. The van der Waals surface area contributed by atoms with Crippen molar-refractivity contribution in [2.45, 2.75) is 50.8 Å². The Morgan fingerprint density at radius 3 is 2.61 bits per heavy atom. The fourth-order valence-electron chi connectivity index (χ4n) is 4.88. The lowest BCUT2D eigenvalue weighted by atomic mass is 9.94. The average Bonchev–Trinajstić information content (AvgIpc) is 3.36. The summed E-state index contributed by atoms with van der Waals surface area (Å²) in [6.07, 6.45) is 1.60. The third-order valence-corrected chi connectivity index (χ3v) is 7.16. The normalized spacial score (nSPS) is 17.8. The fourth-order valence-corrected chi connectivity index (χ4v) is 5.08. The van der Waals surface area contributed by atoms with Crippen molar-refractivity contribution < 1.29 is 28.9 Å². The molecule has 1 aliphatic heterocycles. The quantitative estimate of drug-likeness (QED) is 0.316. The molecule has 11 heteroatoms. The summed E-state index contributed by atoms with van der Waals surface area (Å²) >= 11 is 6.02. The number of pyridine rings is 1. The molecule has 3 atom stereocenters. The molecule has 218 valence electrons. The third kappa shape index (κ3) is 7.13. The number of hydrogen-bond donors (Lipinski definition) is 4. The number of carbonyl (C=O) groups excluding carboxylic acids is 2. The number of ether oxygens (including phenoxy) is 1. The maximum absolute atomic E-state index is 15.2. The minimum Gasteiger partial charge on any atom is -0.444 e. The minimum absolute atomic E-state index is 0.150. The highest BCUT2D eigenvalue weighted by molar-refractivity contribution is 6.30. The average molecular weight is 585 g/mol. The maximum Gasteiger partial charge on any atom is 0.410 e. The number of nitrogens with two attached hydrogens (primary N) is 1. The summed E-state index contributed by atoms with van der Waals surface area (Å²) < 4.78 is 20.7. The van der Waals surface area contributed by atoms with Crippen molar-refractivity contribution in [3.63, 3.8) is 0 Å². The van der Waals surface area contributed by atoms with Crippen LogP contribution in [0.25, 0.3) is 11.1 Å². The maximum atomic E-state index is 15.2. The van der Waals surface area contributed by atoms with E-state index in [9.17, 15) is 19.8 Å². The Hall–Kier alpha value is -3.73. The molecule has 0 aliphatic carbocycles. The summed E-state index contributed by atoms with van der Waals surface area (Å²) in [5, 5.41) is 22.8. The molecule has 0 radical (unpaired) electrons. The van der Waals surface area contributed by atoms with Crippen LogP contribution in [0, 0.1) is 5.82 Å². The Balaban J connectivity index is 1.54. The molecule has 0 unspecified atom stereocenters. The number of nitrogens with one attached hydrogen (secondary N) is 1. The second-order valence-electron chi connectivity index (χ2n) is 11.1. The largest absolute Gasteiger partial charge is 0.444 e. The number of anilines is 1. The number of aliphatic hydroxyl groups is 2. The first-order valence-electron chi connectivity index (χ1n) is 13.2. The molecule has 2 heterocycles. The van der Waals surface area contributed by atoms with Crippen LogP contribution in [0.4, 0.5) is 15.0 Å². The van der Waals surface area contributed by atoms with E-state index in [-0.39, 0.29) is 23.9 Å². The molecule has 2 amide bonds. The van der Waals surface area contributed by atoms with E-state index < -0.39 is 42.1 Å². The molecule has 0 saturated carbocycles. The van der Waals surface area contributed by atoms with Crippen molar-refractivity contribution >= 4 is 29.4 Å². The van der Waals surface area contributed by atoms with Crippen LogP contribution in [0.3, 0.4) is 0 Å². The van der Waals surface area contributed by atoms with E-state index in [2.05, 4.69) is 10.3 Å². The van der Waals surface area contributed by atoms with Gasteiger partial charge in [-0.3, -0.25) is 4.79 Å². The number of likely N-dealkylation sites (tertiary alicyclic amines) is 1. The molecule has 0 spiro atoms. The van der Waals surface area contributed by atoms with Gasteiger partial charge in [-0.25, -0.2) is 14.2 Å². The number of carbonyl (C=O) groups is 2. The first-order chi connectivity index (χ1) is 19.4. The lowest BCUT2D eigenvalue weighted by Crippen LogP contribution is -2.41. The highest BCUT2D eigenvalue weighted by Gasteiger charge is 2.38. The van der Waals surface area contributed by atoms with Gasteiger partial charge in [0, 0.05) is 29.2 Å². The Bertz CT molecular complexity index is 1430. The highest BCUT2D eigenvalue weighted by Crippen LogP contribution is 2.36. The lowest BCUT2D eigenvalue weighted by Gasteiger charge is -2.27. The van der Waals surface area contributed by atoms with Gasteiger partial charge in [-0.2, -0.15) is 0 Å². The van der Waals surface area contributed by atoms with Gasteiger partial charge in [0.05, 0.1) is 30.9 Å². The van der Waals surface area contributed by atoms with E-state index >= 15 is 4.39 Å². The number of benzene rings is 2. The molecular weight excluding hydrogens is 551 g/mol. The Labute approximate surface area is 243 Å². The summed E-state index contributed by atoms with van der Waals surface area (Å²) in [4.78, 5) is 31.4. The first-order valence-corrected chi connectivity index (χ1v) is 13.6. The molecule has 3 aromatic rings. The van der Waals surface area contributed by atoms with Crippen LogP contribution in [-0.2, 0) is 4.74 Å². The van der Waals surface area contributed by atoms with Crippen LogP contribution < -0.4 is 11.1 Å². The van der Waals surface area contributed by atoms with Gasteiger partial charge in [0.25, 0.3) is 5.91 Å². The second-order valence-corrected chi connectivity index (χ2v) is 11.5. The molecule has 4 rings (SSSR count). The summed E-state index contributed by atoms with van der Waals surface area (Å²) in [6, 6.07) is 11.4. The zero-order chi connectivity index (χ0) is 29.9. The summed E-state index contributed by atoms with van der Waals surface area (Å²) in [6.45, 7) is 5.04. The fraction of sp³-hybridized carbons (Fsp3) is 0.367. The van der Waals surface area contributed by atoms with Crippen LogP contribution in [-0.4, -0.2) is 63.5 Å². The standard InChI is InChI=1S/C30H34ClFN4O5/c1-30(2,3)41-29(40)36-14-20(10-22(36)15-37)19-11-24(27(33)34-13-19)17-7-8-23(25(32)12-17)28(39)35-26(16-38)18-5-4-6-21(31)9-18/h4-9,11-13,20,22,26,37-38H,10,14-16H2,1-3H3,(H2,33,34)(H,35,39)/t20-,22-,26+/m0/s1. The summed E-state index contributed by atoms with van der Waals surface area (Å²) in [5.41, 5.74) is 7.52. The zero-order valence-electron chi connectivity index (χ0n) is 23.1. The van der Waals surface area contributed by atoms with Gasteiger partial charge >= 0.3 is 6.09 Å². The topological polar surface area (TPSA) is 138 Å². The van der Waals surface area contributed by atoms with E-state index in [1.54, 1.807) is 63.4 Å². The first kappa shape index (κ1) is 30.2. The van der Waals surface area contributed by atoms with E-state index in [1.807, 2.05) is 0 Å². The number of nitrogens with zero attached hydrogens (tertiary/aromatic N) is 2. The van der Waals surface area contributed by atoms with Crippen LogP contribution >= 0.6 is 11.6 Å². The smallest absolute Gasteiger partial charge is 0.410 e. The van der Waals surface area contributed by atoms with E-state index in [0.29, 0.717) is 34.7 Å². The molecule has 5 N–H and O–H groups in total. The van der Waals surface area contributed by atoms with Crippen molar-refractivity contribution in [2.75, 3.05) is 25.5 Å². The molecule has 9 nitrogen and oxygen atoms in total. The number of rotatable bonds is 7. The van der Waals surface area contributed by atoms with Crippen molar-refractivity contribution in [1.82, 2.24) is 15.2 Å². The lowest BCUT2D eigenvalue weighted by molar-refractivity contribution is 0.0174. The van der Waals surface area contributed by atoms with Gasteiger partial charge in [-0.05, 0) is 74.2 Å². The number of nitrogen functional groups attached to an aromatic ring is 1. The number of amides is 2. The Morgan fingerprint density at radius 1 is 1.22 bits per heavy atom. The molecule has 1 aliphatic rings. The van der Waals surface area contributed by atoms with E-state index in [1.165, 1.54) is 17.0 Å². The van der Waals surface area contributed by atoms with Gasteiger partial charge in [-0.15, -0.1) is 0 Å². The van der Waals surface area contributed by atoms with Gasteiger partial charge in [0.2, 0.25) is 0 Å². The van der Waals surface area contributed by atoms with Crippen molar-refractivity contribution in [3.05, 3.63) is 82.3 Å². The molecular formula is C30H34ClFN4O5. The SMILES string of the molecule is CC(C)(C)OC(=O)N1C[C@@H](c2cnc(N)c(-c3ccc(C(=O)N[C@H](CO)c4cccc(Cl)c4)c(F)c3)c2)C[C@H]1CO. The molecule has 1 saturated heterocycles. The molecule has 2 aromatic carbocycles. The monoisotopic (exact) mass is 584 g/mol. The zero-order valence-corrected chi connectivity index (χ0v) is 23.9. The number of aromatic nitrogens is 1. The van der Waals surface area contributed by atoms with Crippen LogP contribution in [0.5, 0.6) is 0 Å². The third-order valence-electron chi connectivity index (χ3n) is 6.93. The molecule has 1 aromatic heterocycles. The van der Waals surface area contributed by atoms with Gasteiger partial charge in [0.1, 0.15) is 17.2 Å². The van der Waals surface area contributed by atoms with Gasteiger partial charge < -0.3 is 30.9 Å². The molecule has 1 fully saturated rings. The number of halogens is 2. The van der Waals surface area contributed by atoms with Crippen LogP contribution in [0.2, 0.25) is 5.02 Å². The van der Waals surface area contributed by atoms with Gasteiger partial charge in [-0.1, -0.05) is 29.8 Å². The minimum atomic E-state index is -0.773. The number of hydrogen-bond acceptors (Lipinski definition) is 7. The van der Waals surface area contributed by atoms with Crippen LogP contribution in [0.1, 0.15) is 60.6 Å². The predicted octanol–water partition coefficient (Wildman–Crippen LogP) is 4.67. The van der Waals surface area contributed by atoms with Crippen molar-refractivity contribution in [2.24, 2.45) is 0 Å². The van der Waals surface area contributed by atoms with Crippen molar-refractivity contribution in [3.8, 4) is 11.1 Å². The highest BCUT2D eigenvalue weighted by atomic mass is 35.5. The Kier molecular flexibility index (Phi) is 9.16. The number of aliphatic hydroxyl groups excluding tert-OH is 2. The summed E-state index contributed by atoms with van der Waals surface area (Å²) in [5.74, 6) is -1.45. The second kappa shape index (κ2) is 12.4. The van der Waals surface area contributed by atoms with E-state index in [0.717, 1.165) is 5.56 Å². The van der Waals surface area contributed by atoms with Crippen molar-refractivity contribution in [1.29, 1.82) is 0 Å².